The van der Waals surface area contributed by atoms with E-state index in [9.17, 15) is 19.1 Å². The molecule has 2 aromatic heterocycles. The third kappa shape index (κ3) is 3.91. The Morgan fingerprint density at radius 1 is 1.00 bits per heavy atom. The van der Waals surface area contributed by atoms with E-state index in [1.807, 2.05) is 34.9 Å². The third-order valence-corrected chi connectivity index (χ3v) is 6.46. The first-order valence-corrected chi connectivity index (χ1v) is 11.2. The number of nitrogens with zero attached hydrogens (tertiary/aromatic N) is 4. The topological polar surface area (TPSA) is 82.0 Å². The van der Waals surface area contributed by atoms with Gasteiger partial charge in [0.05, 0.1) is 25.5 Å². The fourth-order valence-electron chi connectivity index (χ4n) is 4.75. The minimum absolute atomic E-state index is 0.0443. The Bertz CT molecular complexity index is 1400. The van der Waals surface area contributed by atoms with E-state index in [0.29, 0.717) is 11.2 Å². The normalized spacial score (nSPS) is 15.3. The van der Waals surface area contributed by atoms with Crippen LogP contribution in [0, 0.1) is 5.82 Å². The van der Waals surface area contributed by atoms with E-state index in [1.54, 1.807) is 12.4 Å². The minimum Gasteiger partial charge on any atom is -0.386 e. The van der Waals surface area contributed by atoms with Gasteiger partial charge in [-0.2, -0.15) is 0 Å². The molecule has 0 unspecified atom stereocenters. The van der Waals surface area contributed by atoms with Crippen molar-refractivity contribution in [1.29, 1.82) is 0 Å². The maximum Gasteiger partial charge on any atom is 0.333 e. The molecule has 0 aliphatic heterocycles. The van der Waals surface area contributed by atoms with E-state index < -0.39 is 23.2 Å². The van der Waals surface area contributed by atoms with E-state index in [0.717, 1.165) is 35.8 Å². The molecule has 4 aromatic rings. The predicted molar refractivity (Wildman–Crippen MR) is 123 cm³/mol. The molecule has 33 heavy (non-hydrogen) atoms. The molecule has 2 heterocycles. The van der Waals surface area contributed by atoms with E-state index in [-0.39, 0.29) is 24.7 Å². The molecule has 8 heteroatoms. The molecule has 1 aliphatic rings. The Kier molecular flexibility index (Phi) is 5.68. The lowest BCUT2D eigenvalue weighted by Gasteiger charge is -2.17. The minimum atomic E-state index is -1.35. The van der Waals surface area contributed by atoms with Crippen molar-refractivity contribution in [2.24, 2.45) is 0 Å². The number of fused-ring (bicyclic) bond motifs is 1. The van der Waals surface area contributed by atoms with Crippen molar-refractivity contribution in [1.82, 2.24) is 18.7 Å². The van der Waals surface area contributed by atoms with Crippen LogP contribution in [0.3, 0.4) is 0 Å². The average Bonchev–Trinajstić information content (AvgIpc) is 3.50. The Morgan fingerprint density at radius 2 is 1.70 bits per heavy atom. The summed E-state index contributed by atoms with van der Waals surface area (Å²) in [4.78, 5) is 31.5. The molecule has 0 spiro atoms. The van der Waals surface area contributed by atoms with Crippen LogP contribution in [0.1, 0.15) is 49.0 Å². The second kappa shape index (κ2) is 8.78. The highest BCUT2D eigenvalue weighted by atomic mass is 19.1. The Hall–Kier alpha value is -3.52. The van der Waals surface area contributed by atoms with Crippen molar-refractivity contribution in [2.45, 2.75) is 50.9 Å². The summed E-state index contributed by atoms with van der Waals surface area (Å²) in [7, 11) is 0. The van der Waals surface area contributed by atoms with Gasteiger partial charge < -0.3 is 9.67 Å². The van der Waals surface area contributed by atoms with E-state index in [1.165, 1.54) is 22.8 Å². The molecule has 0 amide bonds. The van der Waals surface area contributed by atoms with Crippen LogP contribution in [0.5, 0.6) is 0 Å². The first kappa shape index (κ1) is 21.3. The molecule has 0 bridgehead atoms. The number of aromatic nitrogens is 4. The number of aliphatic hydroxyl groups excluding tert-OH is 1. The van der Waals surface area contributed by atoms with Crippen LogP contribution in [0.25, 0.3) is 11.2 Å². The Morgan fingerprint density at radius 3 is 2.42 bits per heavy atom. The molecule has 0 saturated heterocycles. The van der Waals surface area contributed by atoms with Crippen molar-refractivity contribution in [3.8, 4) is 0 Å². The van der Waals surface area contributed by atoms with Crippen LogP contribution in [-0.4, -0.2) is 23.8 Å². The molecule has 2 aromatic carbocycles. The van der Waals surface area contributed by atoms with Gasteiger partial charge in [0.1, 0.15) is 5.82 Å². The number of halogens is 1. The summed E-state index contributed by atoms with van der Waals surface area (Å²) >= 11 is 0. The third-order valence-electron chi connectivity index (χ3n) is 6.46. The van der Waals surface area contributed by atoms with Crippen LogP contribution in [-0.2, 0) is 13.1 Å². The van der Waals surface area contributed by atoms with Gasteiger partial charge in [0.25, 0.3) is 5.56 Å². The number of aliphatic hydroxyl groups is 1. The summed E-state index contributed by atoms with van der Waals surface area (Å²) < 4.78 is 18.6. The molecule has 1 fully saturated rings. The highest BCUT2D eigenvalue weighted by Crippen LogP contribution is 2.31. The monoisotopic (exact) mass is 448 g/mol. The molecule has 5 rings (SSSR count). The molecule has 1 aliphatic carbocycles. The summed E-state index contributed by atoms with van der Waals surface area (Å²) in [6.45, 7) is -0.118. The van der Waals surface area contributed by atoms with Gasteiger partial charge >= 0.3 is 5.69 Å². The van der Waals surface area contributed by atoms with Crippen molar-refractivity contribution >= 4 is 11.2 Å². The molecule has 1 saturated carbocycles. The van der Waals surface area contributed by atoms with Crippen molar-refractivity contribution in [2.75, 3.05) is 0 Å². The summed E-state index contributed by atoms with van der Waals surface area (Å²) in [6, 6.07) is 15.4. The molecule has 170 valence electrons. The maximum atomic E-state index is 14.2. The Balaban J connectivity index is 1.67. The van der Waals surface area contributed by atoms with Gasteiger partial charge in [0.2, 0.25) is 0 Å². The van der Waals surface area contributed by atoms with Gasteiger partial charge in [-0.05, 0) is 24.5 Å². The SMILES string of the molecule is O=c1c2c(ncn2C2CCCC2)n(Cc2ccccc2)c(=O)n1C[C@H](O)c1ccccc1F. The lowest BCUT2D eigenvalue weighted by Crippen LogP contribution is -2.42. The van der Waals surface area contributed by atoms with Gasteiger partial charge in [-0.1, -0.05) is 61.4 Å². The predicted octanol–water partition coefficient (Wildman–Crippen LogP) is 3.40. The van der Waals surface area contributed by atoms with Gasteiger partial charge in [0.15, 0.2) is 11.2 Å². The largest absolute Gasteiger partial charge is 0.386 e. The first-order chi connectivity index (χ1) is 16.0. The molecule has 1 N–H and O–H groups in total. The molecule has 7 nitrogen and oxygen atoms in total. The summed E-state index contributed by atoms with van der Waals surface area (Å²) in [5.74, 6) is -0.584. The summed E-state index contributed by atoms with van der Waals surface area (Å²) in [6.07, 6.45) is 4.34. The number of rotatable bonds is 6. The zero-order valence-electron chi connectivity index (χ0n) is 18.1. The first-order valence-electron chi connectivity index (χ1n) is 11.2. The van der Waals surface area contributed by atoms with Crippen molar-refractivity contribution < 1.29 is 9.50 Å². The molecular formula is C25H25FN4O3. The van der Waals surface area contributed by atoms with Gasteiger partial charge in [-0.15, -0.1) is 0 Å². The second-order valence-electron chi connectivity index (χ2n) is 8.57. The summed E-state index contributed by atoms with van der Waals surface area (Å²) in [5.41, 5.74) is 0.511. The quantitative estimate of drug-likeness (QED) is 0.490. The van der Waals surface area contributed by atoms with Crippen LogP contribution in [0.2, 0.25) is 0 Å². The average molecular weight is 448 g/mol. The lowest BCUT2D eigenvalue weighted by molar-refractivity contribution is 0.148. The second-order valence-corrected chi connectivity index (χ2v) is 8.57. The number of hydrogen-bond donors (Lipinski definition) is 1. The molecule has 1 atom stereocenters. The standard InChI is InChI=1S/C25H25FN4O3/c26-20-13-7-6-12-19(20)21(31)15-29-24(32)22-23(27-16-30(22)18-10-4-5-11-18)28(25(29)33)14-17-8-2-1-3-9-17/h1-3,6-9,12-13,16,18,21,31H,4-5,10-11,14-15H2/t21-/m0/s1. The van der Waals surface area contributed by atoms with Gasteiger partial charge in [-0.25, -0.2) is 14.2 Å². The molecular weight excluding hydrogens is 423 g/mol. The zero-order chi connectivity index (χ0) is 22.9. The van der Waals surface area contributed by atoms with Gasteiger partial charge in [0, 0.05) is 11.6 Å². The van der Waals surface area contributed by atoms with E-state index in [2.05, 4.69) is 4.98 Å². The highest BCUT2D eigenvalue weighted by molar-refractivity contribution is 5.70. The maximum absolute atomic E-state index is 14.2. The van der Waals surface area contributed by atoms with Crippen molar-refractivity contribution in [3.05, 3.63) is 98.7 Å². The fourth-order valence-corrected chi connectivity index (χ4v) is 4.75. The van der Waals surface area contributed by atoms with Crippen LogP contribution in [0.4, 0.5) is 4.39 Å². The number of imidazole rings is 1. The van der Waals surface area contributed by atoms with Crippen molar-refractivity contribution in [3.63, 3.8) is 0 Å². The fraction of sp³-hybridized carbons (Fsp3) is 0.320. The van der Waals surface area contributed by atoms with E-state index in [4.69, 9.17) is 0 Å². The molecule has 0 radical (unpaired) electrons. The van der Waals surface area contributed by atoms with Gasteiger partial charge in [-0.3, -0.25) is 13.9 Å². The smallest absolute Gasteiger partial charge is 0.333 e. The van der Waals surface area contributed by atoms with Crippen LogP contribution >= 0.6 is 0 Å². The highest BCUT2D eigenvalue weighted by Gasteiger charge is 2.25. The lowest BCUT2D eigenvalue weighted by atomic mass is 10.1. The Labute approximate surface area is 189 Å². The zero-order valence-corrected chi connectivity index (χ0v) is 18.1. The van der Waals surface area contributed by atoms with E-state index >= 15 is 0 Å². The van der Waals surface area contributed by atoms with Crippen LogP contribution in [0.15, 0.2) is 70.5 Å². The summed E-state index contributed by atoms with van der Waals surface area (Å²) in [5, 5.41) is 10.7. The number of benzene rings is 2. The van der Waals surface area contributed by atoms with Crippen LogP contribution < -0.4 is 11.2 Å². The number of hydrogen-bond acceptors (Lipinski definition) is 4.